The zero-order valence-electron chi connectivity index (χ0n) is 18.7. The third kappa shape index (κ3) is 5.29. The Bertz CT molecular complexity index is 1260. The number of nitrogens with zero attached hydrogens (tertiary/aromatic N) is 3. The molecule has 176 valence electrons. The second kappa shape index (κ2) is 10.6. The minimum absolute atomic E-state index is 0.0284. The fourth-order valence-corrected chi connectivity index (χ4v) is 5.09. The summed E-state index contributed by atoms with van der Waals surface area (Å²) in [4.78, 5) is 15.8. The summed E-state index contributed by atoms with van der Waals surface area (Å²) in [5.41, 5.74) is 3.19. The van der Waals surface area contributed by atoms with Crippen LogP contribution in [0.3, 0.4) is 0 Å². The number of carbonyl (C=O) groups excluding carboxylic acids is 1. The topological polar surface area (TPSA) is 84.8 Å². The van der Waals surface area contributed by atoms with Crippen LogP contribution in [-0.2, 0) is 22.5 Å². The molecule has 34 heavy (non-hydrogen) atoms. The summed E-state index contributed by atoms with van der Waals surface area (Å²) < 4.78 is 7.98. The fourth-order valence-electron chi connectivity index (χ4n) is 4.19. The first-order valence-corrected chi connectivity index (χ1v) is 12.8. The number of para-hydroxylation sites is 1. The van der Waals surface area contributed by atoms with Gasteiger partial charge in [0.15, 0.2) is 11.0 Å². The molecule has 0 saturated carbocycles. The SMILES string of the molecule is O=C(CSc1nnc(-c2c[nH]c3ccccc23)n1CC1CCCO1)NCCc1ccc(Cl)cc1. The van der Waals surface area contributed by atoms with E-state index in [2.05, 4.69) is 31.1 Å². The number of H-pyrrole nitrogens is 1. The highest BCUT2D eigenvalue weighted by Gasteiger charge is 2.23. The van der Waals surface area contributed by atoms with Crippen molar-refractivity contribution in [2.24, 2.45) is 0 Å². The van der Waals surface area contributed by atoms with E-state index >= 15 is 0 Å². The van der Waals surface area contributed by atoms with Gasteiger partial charge in [0.2, 0.25) is 5.91 Å². The number of aromatic nitrogens is 4. The second-order valence-corrected chi connectivity index (χ2v) is 9.69. The normalized spacial score (nSPS) is 15.7. The quantitative estimate of drug-likeness (QED) is 0.328. The maximum atomic E-state index is 12.5. The van der Waals surface area contributed by atoms with Gasteiger partial charge in [0.25, 0.3) is 0 Å². The van der Waals surface area contributed by atoms with Gasteiger partial charge in [-0.15, -0.1) is 10.2 Å². The first-order valence-electron chi connectivity index (χ1n) is 11.4. The van der Waals surface area contributed by atoms with Gasteiger partial charge in [-0.1, -0.05) is 53.7 Å². The van der Waals surface area contributed by atoms with Gasteiger partial charge in [-0.3, -0.25) is 9.36 Å². The van der Waals surface area contributed by atoms with Gasteiger partial charge in [-0.25, -0.2) is 0 Å². The lowest BCUT2D eigenvalue weighted by atomic mass is 10.1. The van der Waals surface area contributed by atoms with E-state index in [4.69, 9.17) is 16.3 Å². The number of thioether (sulfide) groups is 1. The molecular formula is C25H26ClN5O2S. The van der Waals surface area contributed by atoms with Crippen molar-refractivity contribution in [1.82, 2.24) is 25.1 Å². The Morgan fingerprint density at radius 3 is 2.88 bits per heavy atom. The Morgan fingerprint density at radius 1 is 1.21 bits per heavy atom. The van der Waals surface area contributed by atoms with Crippen LogP contribution in [0.4, 0.5) is 0 Å². The number of carbonyl (C=O) groups is 1. The molecule has 7 nitrogen and oxygen atoms in total. The molecular weight excluding hydrogens is 470 g/mol. The van der Waals surface area contributed by atoms with Crippen molar-refractivity contribution in [3.05, 3.63) is 65.3 Å². The number of nitrogens with one attached hydrogen (secondary N) is 2. The molecule has 1 aliphatic heterocycles. The third-order valence-corrected chi connectivity index (χ3v) is 7.16. The van der Waals surface area contributed by atoms with Crippen LogP contribution in [-0.4, -0.2) is 50.7 Å². The lowest BCUT2D eigenvalue weighted by Gasteiger charge is -2.14. The molecule has 3 heterocycles. The van der Waals surface area contributed by atoms with E-state index in [1.54, 1.807) is 0 Å². The summed E-state index contributed by atoms with van der Waals surface area (Å²) in [6, 6.07) is 15.8. The summed E-state index contributed by atoms with van der Waals surface area (Å²) in [7, 11) is 0. The molecule has 1 atom stereocenters. The van der Waals surface area contributed by atoms with E-state index in [0.717, 1.165) is 58.9 Å². The third-order valence-electron chi connectivity index (χ3n) is 5.94. The van der Waals surface area contributed by atoms with Gasteiger partial charge in [0.1, 0.15) is 0 Å². The Balaban J connectivity index is 1.27. The number of hydrogen-bond donors (Lipinski definition) is 2. The van der Waals surface area contributed by atoms with E-state index in [0.29, 0.717) is 18.1 Å². The molecule has 0 spiro atoms. The maximum absolute atomic E-state index is 12.5. The van der Waals surface area contributed by atoms with Crippen molar-refractivity contribution in [2.75, 3.05) is 18.9 Å². The highest BCUT2D eigenvalue weighted by Crippen LogP contribution is 2.31. The summed E-state index contributed by atoms with van der Waals surface area (Å²) in [5, 5.41) is 14.5. The van der Waals surface area contributed by atoms with Gasteiger partial charge in [-0.2, -0.15) is 0 Å². The minimum atomic E-state index is -0.0284. The number of aromatic amines is 1. The largest absolute Gasteiger partial charge is 0.376 e. The zero-order chi connectivity index (χ0) is 23.3. The Labute approximate surface area is 207 Å². The zero-order valence-corrected chi connectivity index (χ0v) is 20.2. The predicted octanol–water partition coefficient (Wildman–Crippen LogP) is 4.71. The Hall–Kier alpha value is -2.81. The van der Waals surface area contributed by atoms with E-state index in [9.17, 15) is 4.79 Å². The highest BCUT2D eigenvalue weighted by atomic mass is 35.5. The fraction of sp³-hybridized carbons (Fsp3) is 0.320. The average molecular weight is 496 g/mol. The molecule has 5 rings (SSSR count). The van der Waals surface area contributed by atoms with Crippen molar-refractivity contribution in [2.45, 2.75) is 37.1 Å². The molecule has 1 amide bonds. The molecule has 1 fully saturated rings. The number of halogens is 1. The van der Waals surface area contributed by atoms with Crippen LogP contribution >= 0.6 is 23.4 Å². The smallest absolute Gasteiger partial charge is 0.230 e. The summed E-state index contributed by atoms with van der Waals surface area (Å²) in [6.07, 6.45) is 4.94. The monoisotopic (exact) mass is 495 g/mol. The van der Waals surface area contributed by atoms with Crippen LogP contribution in [0.5, 0.6) is 0 Å². The molecule has 2 aromatic heterocycles. The first-order chi connectivity index (χ1) is 16.7. The van der Waals surface area contributed by atoms with Crippen molar-refractivity contribution < 1.29 is 9.53 Å². The molecule has 1 saturated heterocycles. The summed E-state index contributed by atoms with van der Waals surface area (Å²) in [5.74, 6) is 1.04. The predicted molar refractivity (Wildman–Crippen MR) is 135 cm³/mol. The lowest BCUT2D eigenvalue weighted by Crippen LogP contribution is -2.27. The highest BCUT2D eigenvalue weighted by molar-refractivity contribution is 7.99. The molecule has 2 N–H and O–H groups in total. The number of ether oxygens (including phenoxy) is 1. The number of rotatable bonds is 9. The molecule has 1 aliphatic rings. The van der Waals surface area contributed by atoms with Crippen LogP contribution < -0.4 is 5.32 Å². The Kier molecular flexibility index (Phi) is 7.18. The van der Waals surface area contributed by atoms with Gasteiger partial charge < -0.3 is 15.0 Å². The number of fused-ring (bicyclic) bond motifs is 1. The van der Waals surface area contributed by atoms with E-state index < -0.39 is 0 Å². The van der Waals surface area contributed by atoms with Crippen molar-refractivity contribution >= 4 is 40.2 Å². The van der Waals surface area contributed by atoms with E-state index in [1.807, 2.05) is 48.7 Å². The van der Waals surface area contributed by atoms with E-state index in [-0.39, 0.29) is 17.8 Å². The van der Waals surface area contributed by atoms with Crippen molar-refractivity contribution in [3.63, 3.8) is 0 Å². The van der Waals surface area contributed by atoms with Crippen LogP contribution in [0.2, 0.25) is 5.02 Å². The van der Waals surface area contributed by atoms with Crippen LogP contribution in [0.25, 0.3) is 22.3 Å². The van der Waals surface area contributed by atoms with Crippen LogP contribution in [0, 0.1) is 0 Å². The summed E-state index contributed by atoms with van der Waals surface area (Å²) >= 11 is 7.33. The second-order valence-electron chi connectivity index (χ2n) is 8.31. The minimum Gasteiger partial charge on any atom is -0.376 e. The molecule has 1 unspecified atom stereocenters. The first kappa shape index (κ1) is 23.0. The van der Waals surface area contributed by atoms with Gasteiger partial charge in [0, 0.05) is 40.8 Å². The molecule has 2 aromatic carbocycles. The van der Waals surface area contributed by atoms with Gasteiger partial charge in [-0.05, 0) is 43.0 Å². The standard InChI is InChI=1S/C25H26ClN5O2S/c26-18-9-7-17(8-10-18)11-12-27-23(32)16-34-25-30-29-24(31(25)15-19-4-3-13-33-19)21-14-28-22-6-2-1-5-20(21)22/h1-2,5-10,14,19,28H,3-4,11-13,15-16H2,(H,27,32). The lowest BCUT2D eigenvalue weighted by molar-refractivity contribution is -0.118. The molecule has 0 aliphatic carbocycles. The Morgan fingerprint density at radius 2 is 2.06 bits per heavy atom. The van der Waals surface area contributed by atoms with Crippen LogP contribution in [0.15, 0.2) is 59.9 Å². The number of benzene rings is 2. The van der Waals surface area contributed by atoms with E-state index in [1.165, 1.54) is 11.8 Å². The average Bonchev–Trinajstić information content (AvgIpc) is 3.60. The molecule has 0 radical (unpaired) electrons. The number of amides is 1. The van der Waals surface area contributed by atoms with Crippen molar-refractivity contribution in [1.29, 1.82) is 0 Å². The molecule has 4 aromatic rings. The van der Waals surface area contributed by atoms with Gasteiger partial charge >= 0.3 is 0 Å². The molecule has 0 bridgehead atoms. The van der Waals surface area contributed by atoms with Crippen LogP contribution in [0.1, 0.15) is 18.4 Å². The summed E-state index contributed by atoms with van der Waals surface area (Å²) in [6.45, 7) is 2.03. The van der Waals surface area contributed by atoms with Gasteiger partial charge in [0.05, 0.1) is 18.4 Å². The molecule has 9 heteroatoms. The maximum Gasteiger partial charge on any atom is 0.230 e. The number of hydrogen-bond acceptors (Lipinski definition) is 5. The van der Waals surface area contributed by atoms with Crippen molar-refractivity contribution in [3.8, 4) is 11.4 Å².